The van der Waals surface area contributed by atoms with E-state index in [4.69, 9.17) is 11.6 Å². The first-order valence-corrected chi connectivity index (χ1v) is 10.8. The summed E-state index contributed by atoms with van der Waals surface area (Å²) in [5, 5.41) is 1.98. The van der Waals surface area contributed by atoms with E-state index >= 15 is 0 Å². The summed E-state index contributed by atoms with van der Waals surface area (Å²) in [7, 11) is -3.00. The molecule has 30 heavy (non-hydrogen) atoms. The summed E-state index contributed by atoms with van der Waals surface area (Å²) in [6.45, 7) is 2.86. The van der Waals surface area contributed by atoms with Gasteiger partial charge in [0.25, 0.3) is 0 Å². The third-order valence-corrected chi connectivity index (χ3v) is 7.06. The highest BCUT2D eigenvalue weighted by atomic mass is 35.5. The number of halogens is 4. The van der Waals surface area contributed by atoms with E-state index in [0.717, 1.165) is 16.4 Å². The van der Waals surface area contributed by atoms with E-state index in [9.17, 15) is 31.2 Å². The molecule has 1 heterocycles. The van der Waals surface area contributed by atoms with Crippen LogP contribution in [0, 0.1) is 5.92 Å². The summed E-state index contributed by atoms with van der Waals surface area (Å²) in [6, 6.07) is 2.42. The Bertz CT molecular complexity index is 926. The first-order chi connectivity index (χ1) is 13.7. The molecule has 0 bridgehead atoms. The quantitative estimate of drug-likeness (QED) is 0.668. The fourth-order valence-electron chi connectivity index (χ4n) is 3.11. The Hall–Kier alpha value is -1.85. The lowest BCUT2D eigenvalue weighted by atomic mass is 9.95. The van der Waals surface area contributed by atoms with Crippen LogP contribution in [0.5, 0.6) is 0 Å². The summed E-state index contributed by atoms with van der Waals surface area (Å²) < 4.78 is 70.3. The summed E-state index contributed by atoms with van der Waals surface area (Å²) in [5.74, 6) is -1.59. The molecule has 1 aromatic rings. The fraction of sp³-hybridized carbons (Fsp3) is 0.556. The molecule has 1 aliphatic heterocycles. The van der Waals surface area contributed by atoms with Gasteiger partial charge in [0, 0.05) is 19.0 Å². The number of amides is 1. The number of esters is 1. The molecule has 0 aromatic heterocycles. The lowest BCUT2D eigenvalue weighted by molar-refractivity contribution is -0.150. The molecule has 1 aromatic carbocycles. The molecule has 12 heteroatoms. The van der Waals surface area contributed by atoms with E-state index in [1.165, 1.54) is 21.0 Å². The smallest absolute Gasteiger partial charge is 0.417 e. The summed E-state index contributed by atoms with van der Waals surface area (Å²) >= 11 is 5.55. The van der Waals surface area contributed by atoms with Crippen molar-refractivity contribution in [1.29, 1.82) is 0 Å². The van der Waals surface area contributed by atoms with Gasteiger partial charge in [0.2, 0.25) is 15.9 Å². The first kappa shape index (κ1) is 24.4. The van der Waals surface area contributed by atoms with Gasteiger partial charge in [0.1, 0.15) is 5.54 Å². The molecule has 1 amide bonds. The largest absolute Gasteiger partial charge is 0.467 e. The standard InChI is InChI=1S/C18H22ClF3N2O5S/c1-17(2,16(26)29-3)23-15(25)11-6-8-24(9-7-11)30(27,28)12-4-5-14(19)13(10-12)18(20,21)22/h4-5,10-11H,6-9H2,1-3H3,(H,23,25). The number of rotatable bonds is 5. The van der Waals surface area contributed by atoms with Gasteiger partial charge in [-0.25, -0.2) is 13.2 Å². The molecule has 0 aliphatic carbocycles. The third kappa shape index (κ3) is 5.25. The number of nitrogens with zero attached hydrogens (tertiary/aromatic N) is 1. The second kappa shape index (κ2) is 8.72. The highest BCUT2D eigenvalue weighted by Crippen LogP contribution is 2.36. The maximum absolute atomic E-state index is 13.0. The van der Waals surface area contributed by atoms with Gasteiger partial charge >= 0.3 is 12.1 Å². The number of carbonyl (C=O) groups excluding carboxylic acids is 2. The van der Waals surface area contributed by atoms with E-state index in [2.05, 4.69) is 10.1 Å². The van der Waals surface area contributed by atoms with Gasteiger partial charge in [0.05, 0.1) is 22.6 Å². The van der Waals surface area contributed by atoms with Crippen LogP contribution in [0.2, 0.25) is 5.02 Å². The monoisotopic (exact) mass is 470 g/mol. The minimum atomic E-state index is -4.79. The van der Waals surface area contributed by atoms with Crippen LogP contribution in [0.1, 0.15) is 32.3 Å². The van der Waals surface area contributed by atoms with E-state index in [-0.39, 0.29) is 25.9 Å². The molecule has 2 rings (SSSR count). The van der Waals surface area contributed by atoms with Gasteiger partial charge in [-0.05, 0) is 44.9 Å². The SMILES string of the molecule is COC(=O)C(C)(C)NC(=O)C1CCN(S(=O)(=O)c2ccc(Cl)c(C(F)(F)F)c2)CC1. The number of methoxy groups -OCH3 is 1. The Morgan fingerprint density at radius 1 is 1.20 bits per heavy atom. The number of nitrogens with one attached hydrogen (secondary N) is 1. The Morgan fingerprint density at radius 3 is 2.27 bits per heavy atom. The predicted octanol–water partition coefficient (Wildman–Crippen LogP) is 2.83. The minimum absolute atomic E-state index is 0.0525. The van der Waals surface area contributed by atoms with Crippen molar-refractivity contribution in [3.05, 3.63) is 28.8 Å². The van der Waals surface area contributed by atoms with Crippen LogP contribution in [-0.2, 0) is 30.5 Å². The lowest BCUT2D eigenvalue weighted by Gasteiger charge is -2.32. The van der Waals surface area contributed by atoms with Gasteiger partial charge < -0.3 is 10.1 Å². The summed E-state index contributed by atoms with van der Waals surface area (Å²) in [6.07, 6.45) is -4.48. The molecule has 1 aliphatic rings. The lowest BCUT2D eigenvalue weighted by Crippen LogP contribution is -2.53. The van der Waals surface area contributed by atoms with E-state index < -0.39 is 55.0 Å². The Morgan fingerprint density at radius 2 is 1.77 bits per heavy atom. The molecule has 0 atom stereocenters. The molecule has 1 saturated heterocycles. The van der Waals surface area contributed by atoms with E-state index in [1.807, 2.05) is 0 Å². The van der Waals surface area contributed by atoms with Crippen LogP contribution in [0.3, 0.4) is 0 Å². The topological polar surface area (TPSA) is 92.8 Å². The van der Waals surface area contributed by atoms with Crippen molar-refractivity contribution in [3.63, 3.8) is 0 Å². The van der Waals surface area contributed by atoms with Crippen LogP contribution in [0.25, 0.3) is 0 Å². The first-order valence-electron chi connectivity index (χ1n) is 8.97. The van der Waals surface area contributed by atoms with Crippen molar-refractivity contribution < 1.29 is 35.9 Å². The molecule has 0 spiro atoms. The molecular formula is C18H22ClF3N2O5S. The maximum atomic E-state index is 13.0. The van der Waals surface area contributed by atoms with Crippen molar-refractivity contribution in [1.82, 2.24) is 9.62 Å². The van der Waals surface area contributed by atoms with Gasteiger partial charge in [-0.15, -0.1) is 0 Å². The summed E-state index contributed by atoms with van der Waals surface area (Å²) in [4.78, 5) is 23.6. The third-order valence-electron chi connectivity index (χ3n) is 4.84. The zero-order chi connectivity index (χ0) is 22.9. The molecule has 0 unspecified atom stereocenters. The molecule has 0 radical (unpaired) electrons. The zero-order valence-electron chi connectivity index (χ0n) is 16.5. The minimum Gasteiger partial charge on any atom is -0.467 e. The number of piperidine rings is 1. The van der Waals surface area contributed by atoms with Crippen molar-refractivity contribution >= 4 is 33.5 Å². The average molecular weight is 471 g/mol. The molecule has 7 nitrogen and oxygen atoms in total. The van der Waals surface area contributed by atoms with Crippen LogP contribution >= 0.6 is 11.6 Å². The highest BCUT2D eigenvalue weighted by Gasteiger charge is 2.38. The second-order valence-electron chi connectivity index (χ2n) is 7.42. The number of alkyl halides is 3. The van der Waals surface area contributed by atoms with Crippen molar-refractivity contribution in [2.24, 2.45) is 5.92 Å². The fourth-order valence-corrected chi connectivity index (χ4v) is 4.83. The van der Waals surface area contributed by atoms with E-state index in [1.54, 1.807) is 0 Å². The number of carbonyl (C=O) groups is 2. The van der Waals surface area contributed by atoms with Crippen LogP contribution < -0.4 is 5.32 Å². The number of hydrogen-bond acceptors (Lipinski definition) is 5. The Balaban J connectivity index is 2.11. The van der Waals surface area contributed by atoms with Crippen LogP contribution in [0.15, 0.2) is 23.1 Å². The number of benzene rings is 1. The number of ether oxygens (including phenoxy) is 1. The second-order valence-corrected chi connectivity index (χ2v) is 9.77. The predicted molar refractivity (Wildman–Crippen MR) is 102 cm³/mol. The highest BCUT2D eigenvalue weighted by molar-refractivity contribution is 7.89. The van der Waals surface area contributed by atoms with Gasteiger partial charge in [0.15, 0.2) is 0 Å². The van der Waals surface area contributed by atoms with Gasteiger partial charge in [-0.1, -0.05) is 11.6 Å². The van der Waals surface area contributed by atoms with Gasteiger partial charge in [-0.3, -0.25) is 4.79 Å². The Kier molecular flexibility index (Phi) is 7.10. The van der Waals surface area contributed by atoms with Crippen molar-refractivity contribution in [2.75, 3.05) is 20.2 Å². The van der Waals surface area contributed by atoms with Crippen LogP contribution in [0.4, 0.5) is 13.2 Å². The Labute approximate surface area is 177 Å². The molecular weight excluding hydrogens is 449 g/mol. The maximum Gasteiger partial charge on any atom is 0.417 e. The molecule has 1 fully saturated rings. The number of sulfonamides is 1. The van der Waals surface area contributed by atoms with Crippen LogP contribution in [-0.4, -0.2) is 50.3 Å². The van der Waals surface area contributed by atoms with Crippen molar-refractivity contribution in [2.45, 2.75) is 43.3 Å². The summed E-state index contributed by atoms with van der Waals surface area (Å²) in [5.41, 5.74) is -2.48. The molecule has 0 saturated carbocycles. The van der Waals surface area contributed by atoms with Crippen molar-refractivity contribution in [3.8, 4) is 0 Å². The normalized spacial score (nSPS) is 16.9. The average Bonchev–Trinajstić information content (AvgIpc) is 2.66. The van der Waals surface area contributed by atoms with E-state index in [0.29, 0.717) is 6.07 Å². The zero-order valence-corrected chi connectivity index (χ0v) is 18.1. The molecule has 168 valence electrons. The number of hydrogen-bond donors (Lipinski definition) is 1. The molecule has 1 N–H and O–H groups in total. The van der Waals surface area contributed by atoms with Gasteiger partial charge in [-0.2, -0.15) is 17.5 Å².